The smallest absolute Gasteiger partial charge is 0.230 e. The van der Waals surface area contributed by atoms with Crippen molar-refractivity contribution < 1.29 is 4.79 Å². The van der Waals surface area contributed by atoms with Crippen LogP contribution < -0.4 is 5.32 Å². The molecule has 6 rings (SSSR count). The maximum absolute atomic E-state index is 13.2. The van der Waals surface area contributed by atoms with Gasteiger partial charge in [-0.05, 0) is 62.5 Å². The molecular weight excluding hydrogens is 364 g/mol. The summed E-state index contributed by atoms with van der Waals surface area (Å²) in [5.41, 5.74) is 1.60. The summed E-state index contributed by atoms with van der Waals surface area (Å²) in [6.45, 7) is 0. The van der Waals surface area contributed by atoms with Crippen LogP contribution in [0.4, 0.5) is 5.69 Å². The van der Waals surface area contributed by atoms with E-state index < -0.39 is 0 Å². The molecule has 4 saturated carbocycles. The molecule has 2 aromatic rings. The normalized spacial score (nSPS) is 36.9. The molecule has 4 bridgehead atoms. The monoisotopic (exact) mass is 384 g/mol. The fourth-order valence-electron chi connectivity index (χ4n) is 5.82. The highest BCUT2D eigenvalue weighted by molar-refractivity contribution is 9.10. The number of halogens is 1. The standard InChI is InChI=1S/C20H21BrN2O/c21-20-9-13-5-14(10-20)8-19(7-13,12-20)18(24)23-16-6-15-3-1-2-4-17(15)22-11-16/h1-4,6,11,13-14H,5,7-10,12H2,(H,23,24). The van der Waals surface area contributed by atoms with Crippen LogP contribution in [0.1, 0.15) is 38.5 Å². The summed E-state index contributed by atoms with van der Waals surface area (Å²) in [5, 5.41) is 4.25. The van der Waals surface area contributed by atoms with Gasteiger partial charge in [-0.15, -0.1) is 0 Å². The highest BCUT2D eigenvalue weighted by Gasteiger charge is 2.59. The highest BCUT2D eigenvalue weighted by Crippen LogP contribution is 2.64. The van der Waals surface area contributed by atoms with Crippen LogP contribution in [0, 0.1) is 17.3 Å². The molecule has 4 aliphatic carbocycles. The van der Waals surface area contributed by atoms with Gasteiger partial charge in [-0.2, -0.15) is 0 Å². The number of anilines is 1. The third-order valence-electron chi connectivity index (χ3n) is 6.32. The summed E-state index contributed by atoms with van der Waals surface area (Å²) in [6, 6.07) is 10.1. The lowest BCUT2D eigenvalue weighted by atomic mass is 9.49. The van der Waals surface area contributed by atoms with Gasteiger partial charge in [-0.1, -0.05) is 34.1 Å². The summed E-state index contributed by atoms with van der Waals surface area (Å²) >= 11 is 3.99. The number of hydrogen-bond acceptors (Lipinski definition) is 2. The van der Waals surface area contributed by atoms with Crippen LogP contribution in [0.15, 0.2) is 36.5 Å². The molecule has 3 nitrogen and oxygen atoms in total. The van der Waals surface area contributed by atoms with Gasteiger partial charge < -0.3 is 5.32 Å². The van der Waals surface area contributed by atoms with Crippen molar-refractivity contribution in [2.45, 2.75) is 42.8 Å². The number of para-hydroxylation sites is 1. The maximum Gasteiger partial charge on any atom is 0.230 e. The lowest BCUT2D eigenvalue weighted by Gasteiger charge is -2.59. The number of fused-ring (bicyclic) bond motifs is 1. The zero-order valence-electron chi connectivity index (χ0n) is 13.6. The van der Waals surface area contributed by atoms with E-state index in [1.807, 2.05) is 30.3 Å². The molecule has 4 aliphatic rings. The minimum atomic E-state index is -0.181. The van der Waals surface area contributed by atoms with E-state index in [1.165, 1.54) is 19.3 Å². The quantitative estimate of drug-likeness (QED) is 0.747. The zero-order valence-corrected chi connectivity index (χ0v) is 15.2. The number of pyridine rings is 1. The zero-order chi connectivity index (χ0) is 16.4. The molecule has 1 heterocycles. The second-order valence-electron chi connectivity index (χ2n) is 8.26. The fraction of sp³-hybridized carbons (Fsp3) is 0.500. The van der Waals surface area contributed by atoms with Gasteiger partial charge in [0.2, 0.25) is 5.91 Å². The van der Waals surface area contributed by atoms with Gasteiger partial charge >= 0.3 is 0 Å². The molecule has 1 aromatic carbocycles. The molecule has 1 amide bonds. The minimum Gasteiger partial charge on any atom is -0.324 e. The first kappa shape index (κ1) is 14.9. The molecule has 24 heavy (non-hydrogen) atoms. The van der Waals surface area contributed by atoms with Gasteiger partial charge in [0.25, 0.3) is 0 Å². The van der Waals surface area contributed by atoms with E-state index in [9.17, 15) is 4.79 Å². The van der Waals surface area contributed by atoms with Crippen molar-refractivity contribution in [3.63, 3.8) is 0 Å². The average molecular weight is 385 g/mol. The molecule has 0 saturated heterocycles. The first-order valence-corrected chi connectivity index (χ1v) is 9.68. The van der Waals surface area contributed by atoms with Gasteiger partial charge in [-0.25, -0.2) is 0 Å². The van der Waals surface area contributed by atoms with E-state index in [0.717, 1.165) is 35.9 Å². The molecular formula is C20H21BrN2O. The van der Waals surface area contributed by atoms with Crippen molar-refractivity contribution in [3.05, 3.63) is 36.5 Å². The summed E-state index contributed by atoms with van der Waals surface area (Å²) in [4.78, 5) is 17.7. The second-order valence-corrected chi connectivity index (χ2v) is 9.95. The molecule has 0 spiro atoms. The van der Waals surface area contributed by atoms with Gasteiger partial charge in [-0.3, -0.25) is 9.78 Å². The summed E-state index contributed by atoms with van der Waals surface area (Å²) in [6.07, 6.45) is 8.70. The molecule has 124 valence electrons. The van der Waals surface area contributed by atoms with Crippen LogP contribution in [0.2, 0.25) is 0 Å². The van der Waals surface area contributed by atoms with Crippen molar-refractivity contribution >= 4 is 38.4 Å². The molecule has 0 radical (unpaired) electrons. The number of carbonyl (C=O) groups is 1. The number of benzene rings is 1. The maximum atomic E-state index is 13.2. The van der Waals surface area contributed by atoms with Crippen molar-refractivity contribution in [1.82, 2.24) is 4.98 Å². The van der Waals surface area contributed by atoms with Gasteiger partial charge in [0, 0.05) is 9.71 Å². The summed E-state index contributed by atoms with van der Waals surface area (Å²) in [5.74, 6) is 1.63. The molecule has 2 unspecified atom stereocenters. The van der Waals surface area contributed by atoms with Crippen LogP contribution >= 0.6 is 15.9 Å². The molecule has 0 aliphatic heterocycles. The first-order chi connectivity index (χ1) is 11.5. The average Bonchev–Trinajstić information content (AvgIpc) is 2.52. The van der Waals surface area contributed by atoms with Crippen LogP contribution in [-0.2, 0) is 4.79 Å². The predicted molar refractivity (Wildman–Crippen MR) is 99.1 cm³/mol. The Hall–Kier alpha value is -1.42. The van der Waals surface area contributed by atoms with Gasteiger partial charge in [0.05, 0.1) is 22.8 Å². The van der Waals surface area contributed by atoms with E-state index in [4.69, 9.17) is 0 Å². The number of alkyl halides is 1. The lowest BCUT2D eigenvalue weighted by Crippen LogP contribution is -2.57. The Morgan fingerprint density at radius 2 is 1.92 bits per heavy atom. The summed E-state index contributed by atoms with van der Waals surface area (Å²) < 4.78 is 0.204. The molecule has 2 atom stereocenters. The fourth-order valence-corrected chi connectivity index (χ4v) is 7.27. The Morgan fingerprint density at radius 1 is 1.17 bits per heavy atom. The number of rotatable bonds is 2. The topological polar surface area (TPSA) is 42.0 Å². The number of nitrogens with one attached hydrogen (secondary N) is 1. The second kappa shape index (κ2) is 5.04. The number of carbonyl (C=O) groups excluding carboxylic acids is 1. The van der Waals surface area contributed by atoms with E-state index in [-0.39, 0.29) is 15.6 Å². The number of nitrogens with zero attached hydrogens (tertiary/aromatic N) is 1. The van der Waals surface area contributed by atoms with Crippen molar-refractivity contribution in [3.8, 4) is 0 Å². The largest absolute Gasteiger partial charge is 0.324 e. The van der Waals surface area contributed by atoms with Crippen LogP contribution in [0.3, 0.4) is 0 Å². The van der Waals surface area contributed by atoms with Crippen LogP contribution in [0.25, 0.3) is 10.9 Å². The van der Waals surface area contributed by atoms with Crippen molar-refractivity contribution in [2.24, 2.45) is 17.3 Å². The minimum absolute atomic E-state index is 0.181. The van der Waals surface area contributed by atoms with E-state index in [2.05, 4.69) is 26.2 Å². The van der Waals surface area contributed by atoms with Gasteiger partial charge in [0.1, 0.15) is 0 Å². The van der Waals surface area contributed by atoms with E-state index in [0.29, 0.717) is 11.8 Å². The van der Waals surface area contributed by atoms with E-state index >= 15 is 0 Å². The summed E-state index contributed by atoms with van der Waals surface area (Å²) in [7, 11) is 0. The number of hydrogen-bond donors (Lipinski definition) is 1. The Kier molecular flexibility index (Phi) is 3.13. The first-order valence-electron chi connectivity index (χ1n) is 8.89. The molecule has 4 fully saturated rings. The van der Waals surface area contributed by atoms with Gasteiger partial charge in [0.15, 0.2) is 0 Å². The molecule has 1 N–H and O–H groups in total. The third kappa shape index (κ3) is 2.30. The van der Waals surface area contributed by atoms with Crippen LogP contribution in [-0.4, -0.2) is 15.2 Å². The Labute approximate surface area is 150 Å². The Balaban J connectivity index is 1.43. The Bertz CT molecular complexity index is 819. The number of amides is 1. The lowest BCUT2D eigenvalue weighted by molar-refractivity contribution is -0.138. The molecule has 4 heteroatoms. The van der Waals surface area contributed by atoms with Crippen molar-refractivity contribution in [2.75, 3.05) is 5.32 Å². The van der Waals surface area contributed by atoms with Crippen LogP contribution in [0.5, 0.6) is 0 Å². The molecule has 1 aromatic heterocycles. The predicted octanol–water partition coefficient (Wildman–Crippen LogP) is 4.91. The van der Waals surface area contributed by atoms with Crippen molar-refractivity contribution in [1.29, 1.82) is 0 Å². The highest BCUT2D eigenvalue weighted by atomic mass is 79.9. The SMILES string of the molecule is O=C(Nc1cnc2ccccc2c1)C12CC3CC(CC(Br)(C3)C1)C2. The van der Waals surface area contributed by atoms with E-state index in [1.54, 1.807) is 6.20 Å². The number of aromatic nitrogens is 1. The Morgan fingerprint density at radius 3 is 2.67 bits per heavy atom. The third-order valence-corrected chi connectivity index (χ3v) is 7.25.